The van der Waals surface area contributed by atoms with Crippen molar-refractivity contribution in [3.05, 3.63) is 18.2 Å². The minimum Gasteiger partial charge on any atom is -0.475 e. The van der Waals surface area contributed by atoms with Gasteiger partial charge in [0.05, 0.1) is 22.9 Å². The molecular weight excluding hydrogens is 281 g/mol. The van der Waals surface area contributed by atoms with Crippen LogP contribution in [0.5, 0.6) is 5.88 Å². The van der Waals surface area contributed by atoms with E-state index in [-0.39, 0.29) is 17.3 Å². The van der Waals surface area contributed by atoms with Crippen molar-refractivity contribution < 1.29 is 18.8 Å². The zero-order valence-corrected chi connectivity index (χ0v) is 13.8. The predicted molar refractivity (Wildman–Crippen MR) is 84.4 cm³/mol. The van der Waals surface area contributed by atoms with Crippen LogP contribution in [0.25, 0.3) is 0 Å². The fourth-order valence-electron chi connectivity index (χ4n) is 2.56. The lowest BCUT2D eigenvalue weighted by Gasteiger charge is -2.32. The number of ether oxygens (including phenoxy) is 2. The van der Waals surface area contributed by atoms with Crippen LogP contribution in [0.4, 0.5) is 0 Å². The average molecular weight is 305 g/mol. The van der Waals surface area contributed by atoms with E-state index in [1.807, 2.05) is 45.9 Å². The molecule has 1 aromatic heterocycles. The third kappa shape index (κ3) is 3.14. The number of hydrogen-bond acceptors (Lipinski definition) is 5. The molecular formula is C16H24BNO4. The molecule has 1 aromatic rings. The Labute approximate surface area is 132 Å². The molecule has 1 atom stereocenters. The largest absolute Gasteiger partial charge is 0.514 e. The Kier molecular flexibility index (Phi) is 4.18. The Bertz CT molecular complexity index is 513. The van der Waals surface area contributed by atoms with Gasteiger partial charge in [-0.05, 0) is 46.6 Å². The van der Waals surface area contributed by atoms with Crippen LogP contribution in [0.2, 0.25) is 0 Å². The number of hydrogen-bond donors (Lipinski definition) is 0. The quantitative estimate of drug-likeness (QED) is 0.796. The van der Waals surface area contributed by atoms with E-state index in [1.54, 1.807) is 0 Å². The van der Waals surface area contributed by atoms with E-state index in [4.69, 9.17) is 18.8 Å². The maximum absolute atomic E-state index is 6.02. The van der Waals surface area contributed by atoms with Crippen molar-refractivity contribution in [1.29, 1.82) is 0 Å². The van der Waals surface area contributed by atoms with Crippen LogP contribution in [0, 0.1) is 0 Å². The summed E-state index contributed by atoms with van der Waals surface area (Å²) >= 11 is 0. The standard InChI is InChI=1S/C16H24BNO4/c1-15(2)16(3,4)22-17(21-15)13-8-5-9-14(18-13)20-11-12-7-6-10-19-12/h5,8-9,12H,6-7,10-11H2,1-4H3. The normalized spacial score (nSPS) is 26.4. The molecule has 2 saturated heterocycles. The van der Waals surface area contributed by atoms with Crippen molar-refractivity contribution in [2.24, 2.45) is 0 Å². The molecule has 0 N–H and O–H groups in total. The third-order valence-electron chi connectivity index (χ3n) is 4.68. The van der Waals surface area contributed by atoms with Gasteiger partial charge in [-0.2, -0.15) is 0 Å². The van der Waals surface area contributed by atoms with Crippen molar-refractivity contribution in [2.45, 2.75) is 57.8 Å². The minimum absolute atomic E-state index is 0.183. The van der Waals surface area contributed by atoms with Crippen molar-refractivity contribution >= 4 is 12.7 Å². The summed E-state index contributed by atoms with van der Waals surface area (Å²) < 4.78 is 23.3. The van der Waals surface area contributed by atoms with Gasteiger partial charge in [0.1, 0.15) is 6.61 Å². The molecule has 2 aliphatic heterocycles. The van der Waals surface area contributed by atoms with Crippen LogP contribution in [-0.4, -0.2) is 42.6 Å². The molecule has 1 unspecified atom stereocenters. The van der Waals surface area contributed by atoms with Crippen molar-refractivity contribution in [3.8, 4) is 5.88 Å². The summed E-state index contributed by atoms with van der Waals surface area (Å²) in [6, 6.07) is 5.67. The lowest BCUT2D eigenvalue weighted by Crippen LogP contribution is -2.41. The first-order valence-corrected chi connectivity index (χ1v) is 7.94. The van der Waals surface area contributed by atoms with Crippen molar-refractivity contribution in [1.82, 2.24) is 4.98 Å². The average Bonchev–Trinajstić information content (AvgIpc) is 3.04. The molecule has 0 aromatic carbocycles. The second-order valence-electron chi connectivity index (χ2n) is 6.93. The Morgan fingerprint density at radius 1 is 1.23 bits per heavy atom. The minimum atomic E-state index is -0.462. The van der Waals surface area contributed by atoms with Crippen LogP contribution in [0.3, 0.4) is 0 Å². The Morgan fingerprint density at radius 2 is 1.95 bits per heavy atom. The fraction of sp³-hybridized carbons (Fsp3) is 0.688. The summed E-state index contributed by atoms with van der Waals surface area (Å²) in [5.74, 6) is 0.586. The van der Waals surface area contributed by atoms with Crippen LogP contribution < -0.4 is 10.3 Å². The molecule has 0 saturated carbocycles. The predicted octanol–water partition coefficient (Wildman–Crippen LogP) is 1.94. The maximum Gasteiger partial charge on any atom is 0.514 e. The van der Waals surface area contributed by atoms with Gasteiger partial charge in [0.25, 0.3) is 0 Å². The Hall–Kier alpha value is -1.11. The van der Waals surface area contributed by atoms with E-state index >= 15 is 0 Å². The lowest BCUT2D eigenvalue weighted by molar-refractivity contribution is 0.00578. The first kappa shape index (κ1) is 15.8. The SMILES string of the molecule is CC1(C)OB(c2cccc(OCC3CCCO3)n2)OC1(C)C. The zero-order valence-electron chi connectivity index (χ0n) is 13.8. The van der Waals surface area contributed by atoms with Crippen LogP contribution in [-0.2, 0) is 14.0 Å². The van der Waals surface area contributed by atoms with Gasteiger partial charge in [-0.3, -0.25) is 0 Å². The highest BCUT2D eigenvalue weighted by molar-refractivity contribution is 6.61. The fourth-order valence-corrected chi connectivity index (χ4v) is 2.56. The summed E-state index contributed by atoms with van der Waals surface area (Å²) in [7, 11) is -0.462. The topological polar surface area (TPSA) is 49.8 Å². The molecule has 0 radical (unpaired) electrons. The van der Waals surface area contributed by atoms with Gasteiger partial charge in [-0.15, -0.1) is 0 Å². The second kappa shape index (κ2) is 5.83. The number of rotatable bonds is 4. The third-order valence-corrected chi connectivity index (χ3v) is 4.68. The van der Waals surface area contributed by atoms with Crippen LogP contribution in [0.1, 0.15) is 40.5 Å². The molecule has 0 bridgehead atoms. The zero-order chi connectivity index (χ0) is 15.8. The van der Waals surface area contributed by atoms with Gasteiger partial charge < -0.3 is 18.8 Å². The van der Waals surface area contributed by atoms with E-state index in [2.05, 4.69) is 4.98 Å². The summed E-state index contributed by atoms with van der Waals surface area (Å²) in [6.07, 6.45) is 2.34. The molecule has 0 amide bonds. The van der Waals surface area contributed by atoms with Gasteiger partial charge in [-0.25, -0.2) is 4.98 Å². The molecule has 2 fully saturated rings. The highest BCUT2D eigenvalue weighted by Crippen LogP contribution is 2.36. The molecule has 3 heterocycles. The molecule has 0 aliphatic carbocycles. The monoisotopic (exact) mass is 305 g/mol. The number of nitrogens with zero attached hydrogens (tertiary/aromatic N) is 1. The van der Waals surface area contributed by atoms with E-state index in [0.717, 1.165) is 25.0 Å². The van der Waals surface area contributed by atoms with Crippen molar-refractivity contribution in [3.63, 3.8) is 0 Å². The molecule has 120 valence electrons. The highest BCUT2D eigenvalue weighted by atomic mass is 16.7. The Morgan fingerprint density at radius 3 is 2.59 bits per heavy atom. The molecule has 3 rings (SSSR count). The van der Waals surface area contributed by atoms with E-state index in [0.29, 0.717) is 12.5 Å². The first-order valence-electron chi connectivity index (χ1n) is 7.94. The molecule has 2 aliphatic rings. The Balaban J connectivity index is 1.66. The van der Waals surface area contributed by atoms with E-state index < -0.39 is 7.12 Å². The smallest absolute Gasteiger partial charge is 0.475 e. The van der Waals surface area contributed by atoms with Gasteiger partial charge in [0.15, 0.2) is 0 Å². The lowest BCUT2D eigenvalue weighted by atomic mass is 9.84. The summed E-state index contributed by atoms with van der Waals surface area (Å²) in [6.45, 7) is 9.50. The summed E-state index contributed by atoms with van der Waals surface area (Å²) in [5.41, 5.74) is 0.00501. The second-order valence-corrected chi connectivity index (χ2v) is 6.93. The highest BCUT2D eigenvalue weighted by Gasteiger charge is 2.52. The number of pyridine rings is 1. The molecule has 5 nitrogen and oxygen atoms in total. The molecule has 0 spiro atoms. The van der Waals surface area contributed by atoms with Crippen molar-refractivity contribution in [2.75, 3.05) is 13.2 Å². The van der Waals surface area contributed by atoms with Gasteiger partial charge in [-0.1, -0.05) is 6.07 Å². The summed E-state index contributed by atoms with van der Waals surface area (Å²) in [4.78, 5) is 4.52. The van der Waals surface area contributed by atoms with Gasteiger partial charge >= 0.3 is 7.12 Å². The summed E-state index contributed by atoms with van der Waals surface area (Å²) in [5, 5.41) is 0. The van der Waals surface area contributed by atoms with Gasteiger partial charge in [0.2, 0.25) is 5.88 Å². The van der Waals surface area contributed by atoms with Gasteiger partial charge in [0, 0.05) is 12.7 Å². The molecule has 6 heteroatoms. The van der Waals surface area contributed by atoms with Crippen LogP contribution in [0.15, 0.2) is 18.2 Å². The first-order chi connectivity index (χ1) is 10.4. The van der Waals surface area contributed by atoms with Crippen LogP contribution >= 0.6 is 0 Å². The molecule has 22 heavy (non-hydrogen) atoms. The van der Waals surface area contributed by atoms with E-state index in [9.17, 15) is 0 Å². The van der Waals surface area contributed by atoms with E-state index in [1.165, 1.54) is 0 Å². The number of aromatic nitrogens is 1. The maximum atomic E-state index is 6.02.